The Morgan fingerprint density at radius 1 is 1.24 bits per heavy atom. The van der Waals surface area contributed by atoms with E-state index >= 15 is 0 Å². The van der Waals surface area contributed by atoms with Gasteiger partial charge in [0.25, 0.3) is 0 Å². The zero-order valence-electron chi connectivity index (χ0n) is 9.88. The summed E-state index contributed by atoms with van der Waals surface area (Å²) in [5.41, 5.74) is 0.970. The summed E-state index contributed by atoms with van der Waals surface area (Å²) in [5.74, 6) is 0.0913. The molecule has 0 N–H and O–H groups in total. The van der Waals surface area contributed by atoms with E-state index in [0.29, 0.717) is 25.9 Å². The summed E-state index contributed by atoms with van der Waals surface area (Å²) in [5, 5.41) is 0. The highest BCUT2D eigenvalue weighted by atomic mass is 16.2. The predicted molar refractivity (Wildman–Crippen MR) is 67.3 cm³/mol. The normalized spacial score (nSPS) is 9.65. The maximum absolute atomic E-state index is 11.9. The highest BCUT2D eigenvalue weighted by Crippen LogP contribution is 2.02. The van der Waals surface area contributed by atoms with Gasteiger partial charge in [-0.1, -0.05) is 12.2 Å². The van der Waals surface area contributed by atoms with Crippen molar-refractivity contribution in [2.24, 2.45) is 0 Å². The summed E-state index contributed by atoms with van der Waals surface area (Å²) in [7, 11) is 0. The number of carbonyl (C=O) groups excluding carboxylic acids is 1. The minimum atomic E-state index is 0.0913. The fourth-order valence-electron chi connectivity index (χ4n) is 1.46. The molecule has 1 rings (SSSR count). The number of nitrogens with zero attached hydrogens (tertiary/aromatic N) is 3. The van der Waals surface area contributed by atoms with Gasteiger partial charge in [-0.05, 0) is 12.0 Å². The van der Waals surface area contributed by atoms with Crippen molar-refractivity contribution in [3.05, 3.63) is 49.6 Å². The van der Waals surface area contributed by atoms with Crippen LogP contribution in [-0.2, 0) is 11.2 Å². The molecule has 0 aliphatic rings. The van der Waals surface area contributed by atoms with Gasteiger partial charge in [-0.3, -0.25) is 4.79 Å². The van der Waals surface area contributed by atoms with Gasteiger partial charge >= 0.3 is 0 Å². The number of hydrogen-bond donors (Lipinski definition) is 0. The van der Waals surface area contributed by atoms with Crippen LogP contribution in [0.3, 0.4) is 0 Å². The molecule has 0 bridgehead atoms. The lowest BCUT2D eigenvalue weighted by Crippen LogP contribution is -2.31. The van der Waals surface area contributed by atoms with Crippen LogP contribution in [0.4, 0.5) is 0 Å². The van der Waals surface area contributed by atoms with Crippen molar-refractivity contribution in [1.82, 2.24) is 14.9 Å². The second-order valence-corrected chi connectivity index (χ2v) is 3.62. The summed E-state index contributed by atoms with van der Waals surface area (Å²) >= 11 is 0. The van der Waals surface area contributed by atoms with Crippen molar-refractivity contribution in [3.63, 3.8) is 0 Å². The van der Waals surface area contributed by atoms with Crippen molar-refractivity contribution in [2.75, 3.05) is 13.1 Å². The monoisotopic (exact) mass is 231 g/mol. The van der Waals surface area contributed by atoms with Gasteiger partial charge in [0, 0.05) is 31.9 Å². The van der Waals surface area contributed by atoms with E-state index < -0.39 is 0 Å². The van der Waals surface area contributed by atoms with Gasteiger partial charge in [-0.15, -0.1) is 13.2 Å². The fourth-order valence-corrected chi connectivity index (χ4v) is 1.46. The van der Waals surface area contributed by atoms with Crippen LogP contribution in [0.1, 0.15) is 12.0 Å². The van der Waals surface area contributed by atoms with Gasteiger partial charge in [0.2, 0.25) is 5.91 Å². The summed E-state index contributed by atoms with van der Waals surface area (Å²) in [6.45, 7) is 8.37. The van der Waals surface area contributed by atoms with Crippen LogP contribution in [0.25, 0.3) is 0 Å². The summed E-state index contributed by atoms with van der Waals surface area (Å²) in [6.07, 6.45) is 9.48. The molecule has 0 saturated carbocycles. The number of amides is 1. The Hall–Kier alpha value is -1.97. The number of carbonyl (C=O) groups is 1. The Morgan fingerprint density at radius 3 is 2.35 bits per heavy atom. The average molecular weight is 231 g/mol. The minimum absolute atomic E-state index is 0.0913. The molecule has 1 aromatic rings. The van der Waals surface area contributed by atoms with Crippen LogP contribution in [0.5, 0.6) is 0 Å². The van der Waals surface area contributed by atoms with Gasteiger partial charge in [0.05, 0.1) is 0 Å². The number of hydrogen-bond acceptors (Lipinski definition) is 3. The largest absolute Gasteiger partial charge is 0.335 e. The maximum atomic E-state index is 11.9. The number of aryl methyl sites for hydroxylation is 1. The van der Waals surface area contributed by atoms with Crippen molar-refractivity contribution >= 4 is 5.91 Å². The molecule has 0 aromatic carbocycles. The minimum Gasteiger partial charge on any atom is -0.335 e. The molecule has 0 spiro atoms. The van der Waals surface area contributed by atoms with E-state index in [4.69, 9.17) is 0 Å². The highest BCUT2D eigenvalue weighted by molar-refractivity contribution is 5.76. The average Bonchev–Trinajstić information content (AvgIpc) is 2.37. The SMILES string of the molecule is C=CCN(CC=C)C(=O)CCc1cncnc1. The van der Waals surface area contributed by atoms with Crippen molar-refractivity contribution in [3.8, 4) is 0 Å². The third kappa shape index (κ3) is 4.59. The van der Waals surface area contributed by atoms with E-state index in [1.807, 2.05) is 0 Å². The molecule has 4 nitrogen and oxygen atoms in total. The van der Waals surface area contributed by atoms with Gasteiger partial charge in [-0.25, -0.2) is 9.97 Å². The Labute approximate surface area is 102 Å². The molecule has 0 radical (unpaired) electrons. The van der Waals surface area contributed by atoms with Crippen LogP contribution in [0.2, 0.25) is 0 Å². The standard InChI is InChI=1S/C13H17N3O/c1-3-7-16(8-4-2)13(17)6-5-12-9-14-11-15-10-12/h3-4,9-11H,1-2,5-8H2. The first kappa shape index (κ1) is 13.1. The molecule has 1 amide bonds. The predicted octanol–water partition coefficient (Wildman–Crippen LogP) is 1.61. The van der Waals surface area contributed by atoms with Crippen LogP contribution in [0.15, 0.2) is 44.0 Å². The molecular formula is C13H17N3O. The lowest BCUT2D eigenvalue weighted by Gasteiger charge is -2.19. The van der Waals surface area contributed by atoms with Gasteiger partial charge in [-0.2, -0.15) is 0 Å². The molecule has 0 aliphatic heterocycles. The van der Waals surface area contributed by atoms with E-state index in [9.17, 15) is 4.79 Å². The summed E-state index contributed by atoms with van der Waals surface area (Å²) in [4.78, 5) is 21.4. The maximum Gasteiger partial charge on any atom is 0.223 e. The van der Waals surface area contributed by atoms with E-state index in [1.165, 1.54) is 6.33 Å². The smallest absolute Gasteiger partial charge is 0.223 e. The van der Waals surface area contributed by atoms with Gasteiger partial charge < -0.3 is 4.90 Å². The summed E-state index contributed by atoms with van der Waals surface area (Å²) < 4.78 is 0. The van der Waals surface area contributed by atoms with E-state index in [0.717, 1.165) is 5.56 Å². The van der Waals surface area contributed by atoms with Crippen LogP contribution in [0, 0.1) is 0 Å². The molecule has 90 valence electrons. The Balaban J connectivity index is 2.46. The number of rotatable bonds is 7. The second-order valence-electron chi connectivity index (χ2n) is 3.62. The van der Waals surface area contributed by atoms with E-state index in [-0.39, 0.29) is 5.91 Å². The molecule has 17 heavy (non-hydrogen) atoms. The van der Waals surface area contributed by atoms with Crippen LogP contribution < -0.4 is 0 Å². The Bertz CT molecular complexity index is 366. The third-order valence-corrected chi connectivity index (χ3v) is 2.29. The molecule has 0 saturated heterocycles. The molecule has 1 aromatic heterocycles. The van der Waals surface area contributed by atoms with E-state index in [2.05, 4.69) is 23.1 Å². The van der Waals surface area contributed by atoms with E-state index in [1.54, 1.807) is 29.4 Å². The number of aromatic nitrogens is 2. The molecule has 0 atom stereocenters. The third-order valence-electron chi connectivity index (χ3n) is 2.29. The molecule has 0 fully saturated rings. The summed E-state index contributed by atoms with van der Waals surface area (Å²) in [6, 6.07) is 0. The highest BCUT2D eigenvalue weighted by Gasteiger charge is 2.10. The zero-order chi connectivity index (χ0) is 12.5. The lowest BCUT2D eigenvalue weighted by atomic mass is 10.2. The quantitative estimate of drug-likeness (QED) is 0.670. The Kier molecular flexibility index (Phi) is 5.64. The topological polar surface area (TPSA) is 46.1 Å². The molecular weight excluding hydrogens is 214 g/mol. The first-order valence-corrected chi connectivity index (χ1v) is 5.51. The van der Waals surface area contributed by atoms with Crippen molar-refractivity contribution in [1.29, 1.82) is 0 Å². The Morgan fingerprint density at radius 2 is 1.82 bits per heavy atom. The first-order chi connectivity index (χ1) is 8.27. The molecule has 0 unspecified atom stereocenters. The first-order valence-electron chi connectivity index (χ1n) is 5.51. The molecule has 0 aliphatic carbocycles. The second kappa shape index (κ2) is 7.33. The van der Waals surface area contributed by atoms with Crippen molar-refractivity contribution < 1.29 is 4.79 Å². The van der Waals surface area contributed by atoms with Crippen LogP contribution in [-0.4, -0.2) is 33.9 Å². The lowest BCUT2D eigenvalue weighted by molar-refractivity contribution is -0.130. The fraction of sp³-hybridized carbons (Fsp3) is 0.308. The molecule has 4 heteroatoms. The molecule has 1 heterocycles. The van der Waals surface area contributed by atoms with Crippen molar-refractivity contribution in [2.45, 2.75) is 12.8 Å². The van der Waals surface area contributed by atoms with Gasteiger partial charge in [0.15, 0.2) is 0 Å². The zero-order valence-corrected chi connectivity index (χ0v) is 9.88. The van der Waals surface area contributed by atoms with Gasteiger partial charge in [0.1, 0.15) is 6.33 Å². The van der Waals surface area contributed by atoms with Crippen LogP contribution >= 0.6 is 0 Å².